The van der Waals surface area contributed by atoms with E-state index in [2.05, 4.69) is 20.3 Å². The molecule has 0 aromatic heterocycles. The zero-order valence-electron chi connectivity index (χ0n) is 15.1. The summed E-state index contributed by atoms with van der Waals surface area (Å²) in [7, 11) is -3.21. The highest BCUT2D eigenvalue weighted by Gasteiger charge is 2.19. The zero-order chi connectivity index (χ0) is 17.7. The van der Waals surface area contributed by atoms with Crippen LogP contribution in [0.25, 0.3) is 0 Å². The lowest BCUT2D eigenvalue weighted by molar-refractivity contribution is 0.144. The average Bonchev–Trinajstić information content (AvgIpc) is 2.48. The highest BCUT2D eigenvalue weighted by molar-refractivity contribution is 7.89. The fourth-order valence-corrected chi connectivity index (χ4v) is 3.32. The summed E-state index contributed by atoms with van der Waals surface area (Å²) in [5.41, 5.74) is 0. The number of unbranched alkanes of at least 4 members (excludes halogenated alkanes) is 1. The van der Waals surface area contributed by atoms with E-state index in [-0.39, 0.29) is 5.75 Å². The maximum absolute atomic E-state index is 11.9. The molecule has 0 unspecified atom stereocenters. The molecule has 1 aliphatic rings. The number of guanidine groups is 1. The van der Waals surface area contributed by atoms with Crippen LogP contribution in [0.1, 0.15) is 46.0 Å². The van der Waals surface area contributed by atoms with Gasteiger partial charge in [-0.3, -0.25) is 4.99 Å². The van der Waals surface area contributed by atoms with E-state index in [4.69, 9.17) is 4.74 Å². The minimum Gasteiger partial charge on any atom is -0.382 e. The Hall–Kier alpha value is -0.860. The van der Waals surface area contributed by atoms with E-state index in [0.29, 0.717) is 31.5 Å². The van der Waals surface area contributed by atoms with Crippen LogP contribution in [0.4, 0.5) is 0 Å². The molecule has 0 heterocycles. The normalized spacial score (nSPS) is 16.0. The van der Waals surface area contributed by atoms with Gasteiger partial charge >= 0.3 is 0 Å². The lowest BCUT2D eigenvalue weighted by atomic mass is 9.86. The first-order chi connectivity index (χ1) is 11.6. The molecule has 3 N–H and O–H groups in total. The predicted molar refractivity (Wildman–Crippen MR) is 98.8 cm³/mol. The highest BCUT2D eigenvalue weighted by atomic mass is 32.2. The second kappa shape index (κ2) is 12.5. The predicted octanol–water partition coefficient (Wildman–Crippen LogP) is 1.08. The van der Waals surface area contributed by atoms with Gasteiger partial charge in [0.25, 0.3) is 0 Å². The second-order valence-electron chi connectivity index (χ2n) is 6.06. The van der Waals surface area contributed by atoms with Crippen molar-refractivity contribution < 1.29 is 13.2 Å². The molecule has 0 aromatic carbocycles. The van der Waals surface area contributed by atoms with Gasteiger partial charge in [-0.1, -0.05) is 6.42 Å². The number of sulfonamides is 1. The number of nitrogens with zero attached hydrogens (tertiary/aromatic N) is 1. The van der Waals surface area contributed by atoms with Crippen molar-refractivity contribution in [1.82, 2.24) is 15.4 Å². The molecule has 0 atom stereocenters. The largest absolute Gasteiger partial charge is 0.382 e. The molecule has 1 fully saturated rings. The van der Waals surface area contributed by atoms with E-state index in [1.54, 1.807) is 0 Å². The standard InChI is InChI=1S/C16H34N4O3S/c1-3-17-16(18-10-5-6-12-23-4-2)19-11-13-24(21,22)20-14-15-8-7-9-15/h15,20H,3-14H2,1-2H3,(H2,17,18,19). The summed E-state index contributed by atoms with van der Waals surface area (Å²) in [6.07, 6.45) is 5.44. The molecule has 7 nitrogen and oxygen atoms in total. The van der Waals surface area contributed by atoms with Crippen LogP contribution in [-0.4, -0.2) is 59.5 Å². The first kappa shape index (κ1) is 21.2. The molecule has 8 heteroatoms. The molecule has 142 valence electrons. The van der Waals surface area contributed by atoms with Crippen LogP contribution in [0.15, 0.2) is 4.99 Å². The summed E-state index contributed by atoms with van der Waals surface area (Å²) in [5.74, 6) is 1.26. The van der Waals surface area contributed by atoms with Crippen molar-refractivity contribution in [3.8, 4) is 0 Å². The van der Waals surface area contributed by atoms with Gasteiger partial charge in [0.05, 0.1) is 5.75 Å². The number of ether oxygens (including phenoxy) is 1. The second-order valence-corrected chi connectivity index (χ2v) is 7.98. The minimum absolute atomic E-state index is 0.0640. The van der Waals surface area contributed by atoms with Crippen LogP contribution in [0, 0.1) is 5.92 Å². The van der Waals surface area contributed by atoms with Gasteiger partial charge in [-0.25, -0.2) is 13.1 Å². The SMILES string of the molecule is CCNC(=NCCCCOCC)NCCS(=O)(=O)NCC1CCC1. The maximum atomic E-state index is 11.9. The molecule has 0 spiro atoms. The summed E-state index contributed by atoms with van der Waals surface area (Å²) >= 11 is 0. The van der Waals surface area contributed by atoms with Crippen molar-refractivity contribution in [2.45, 2.75) is 46.0 Å². The first-order valence-electron chi connectivity index (χ1n) is 9.14. The third-order valence-corrected chi connectivity index (χ3v) is 5.34. The van der Waals surface area contributed by atoms with Gasteiger partial charge < -0.3 is 15.4 Å². The molecular weight excluding hydrogens is 328 g/mol. The van der Waals surface area contributed by atoms with Crippen molar-refractivity contribution in [1.29, 1.82) is 0 Å². The van der Waals surface area contributed by atoms with Crippen molar-refractivity contribution in [2.24, 2.45) is 10.9 Å². The number of aliphatic imine (C=N–C) groups is 1. The molecule has 1 aliphatic carbocycles. The van der Waals surface area contributed by atoms with Crippen molar-refractivity contribution in [3.05, 3.63) is 0 Å². The lowest BCUT2D eigenvalue weighted by Crippen LogP contribution is -2.42. The number of hydrogen-bond acceptors (Lipinski definition) is 4. The summed E-state index contributed by atoms with van der Waals surface area (Å²) < 4.78 is 31.9. The van der Waals surface area contributed by atoms with Crippen LogP contribution >= 0.6 is 0 Å². The third-order valence-electron chi connectivity index (χ3n) is 3.99. The van der Waals surface area contributed by atoms with Crippen LogP contribution in [0.2, 0.25) is 0 Å². The van der Waals surface area contributed by atoms with Gasteiger partial charge in [0.15, 0.2) is 5.96 Å². The fourth-order valence-electron chi connectivity index (χ4n) is 2.31. The smallest absolute Gasteiger partial charge is 0.213 e. The van der Waals surface area contributed by atoms with E-state index in [9.17, 15) is 8.42 Å². The third kappa shape index (κ3) is 10.1. The molecule has 0 aromatic rings. The topological polar surface area (TPSA) is 91.8 Å². The van der Waals surface area contributed by atoms with Gasteiger partial charge in [-0.15, -0.1) is 0 Å². The Bertz CT molecular complexity index is 450. The maximum Gasteiger partial charge on any atom is 0.213 e. The molecule has 24 heavy (non-hydrogen) atoms. The highest BCUT2D eigenvalue weighted by Crippen LogP contribution is 2.25. The van der Waals surface area contributed by atoms with E-state index in [1.807, 2.05) is 13.8 Å². The Morgan fingerprint density at radius 3 is 2.62 bits per heavy atom. The van der Waals surface area contributed by atoms with Gasteiger partial charge in [-0.05, 0) is 45.4 Å². The quantitative estimate of drug-likeness (QED) is 0.259. The molecule has 1 saturated carbocycles. The Kier molecular flexibility index (Phi) is 11.0. The van der Waals surface area contributed by atoms with E-state index in [1.165, 1.54) is 6.42 Å². The van der Waals surface area contributed by atoms with Gasteiger partial charge in [-0.2, -0.15) is 0 Å². The molecular formula is C16H34N4O3S. The van der Waals surface area contributed by atoms with E-state index < -0.39 is 10.0 Å². The summed E-state index contributed by atoms with van der Waals surface area (Å²) in [5, 5.41) is 6.21. The van der Waals surface area contributed by atoms with Crippen LogP contribution < -0.4 is 15.4 Å². The molecule has 0 saturated heterocycles. The van der Waals surface area contributed by atoms with Crippen molar-refractivity contribution >= 4 is 16.0 Å². The Morgan fingerprint density at radius 2 is 2.00 bits per heavy atom. The van der Waals surface area contributed by atoms with Gasteiger partial charge in [0.1, 0.15) is 0 Å². The number of nitrogens with one attached hydrogen (secondary N) is 3. The molecule has 1 rings (SSSR count). The summed E-state index contributed by atoms with van der Waals surface area (Å²) in [6.45, 7) is 7.87. The van der Waals surface area contributed by atoms with Crippen LogP contribution in [0.3, 0.4) is 0 Å². The fraction of sp³-hybridized carbons (Fsp3) is 0.938. The van der Waals surface area contributed by atoms with Gasteiger partial charge in [0, 0.05) is 39.4 Å². The monoisotopic (exact) mass is 362 g/mol. The zero-order valence-corrected chi connectivity index (χ0v) is 16.0. The van der Waals surface area contributed by atoms with Crippen molar-refractivity contribution in [3.63, 3.8) is 0 Å². The van der Waals surface area contributed by atoms with E-state index >= 15 is 0 Å². The average molecular weight is 363 g/mol. The number of rotatable bonds is 13. The lowest BCUT2D eigenvalue weighted by Gasteiger charge is -2.25. The first-order valence-corrected chi connectivity index (χ1v) is 10.8. The molecule has 0 aliphatic heterocycles. The van der Waals surface area contributed by atoms with Crippen LogP contribution in [0.5, 0.6) is 0 Å². The Labute approximate surface area is 147 Å². The van der Waals surface area contributed by atoms with Crippen molar-refractivity contribution in [2.75, 3.05) is 45.1 Å². The van der Waals surface area contributed by atoms with Gasteiger partial charge in [0.2, 0.25) is 10.0 Å². The van der Waals surface area contributed by atoms with Crippen LogP contribution in [-0.2, 0) is 14.8 Å². The summed E-state index contributed by atoms with van der Waals surface area (Å²) in [6, 6.07) is 0. The Morgan fingerprint density at radius 1 is 1.21 bits per heavy atom. The Balaban J connectivity index is 2.20. The molecule has 0 radical (unpaired) electrons. The number of hydrogen-bond donors (Lipinski definition) is 3. The molecule has 0 bridgehead atoms. The summed E-state index contributed by atoms with van der Waals surface area (Å²) in [4.78, 5) is 4.45. The minimum atomic E-state index is -3.21. The van der Waals surface area contributed by atoms with E-state index in [0.717, 1.165) is 45.4 Å². The molecule has 0 amide bonds.